The summed E-state index contributed by atoms with van der Waals surface area (Å²) in [6.07, 6.45) is 26.5. The molecule has 0 amide bonds. The standard InChI is InChI=1S/C40H57NO4/c1-3-5-7-9-11-13-15-17-19-23-29-41(30-24-20-18-16-14-12-10-8-6-4-2)32-27-28-34-36(31-32)45-40(43)38-37(34)33-25-21-22-26-35(33)44-39(38)42/h21-22,25-28,31H,3-20,23-24,29-30H2,1-2H3. The molecule has 0 atom stereocenters. The van der Waals surface area contributed by atoms with Crippen molar-refractivity contribution in [3.8, 4) is 0 Å². The Balaban J connectivity index is 1.41. The second kappa shape index (κ2) is 19.4. The van der Waals surface area contributed by atoms with E-state index in [9.17, 15) is 9.59 Å². The zero-order valence-electron chi connectivity index (χ0n) is 28.2. The van der Waals surface area contributed by atoms with Crippen LogP contribution in [0.25, 0.3) is 32.7 Å². The molecule has 0 unspecified atom stereocenters. The van der Waals surface area contributed by atoms with E-state index < -0.39 is 11.3 Å². The van der Waals surface area contributed by atoms with Crippen LogP contribution in [0.15, 0.2) is 60.9 Å². The van der Waals surface area contributed by atoms with E-state index >= 15 is 0 Å². The lowest BCUT2D eigenvalue weighted by molar-refractivity contribution is 0.542. The smallest absolute Gasteiger partial charge is 0.351 e. The number of anilines is 1. The van der Waals surface area contributed by atoms with Crippen LogP contribution in [0.3, 0.4) is 0 Å². The molecule has 0 aliphatic rings. The summed E-state index contributed by atoms with van der Waals surface area (Å²) in [6.45, 7) is 6.56. The summed E-state index contributed by atoms with van der Waals surface area (Å²) < 4.78 is 11.2. The molecule has 45 heavy (non-hydrogen) atoms. The van der Waals surface area contributed by atoms with Crippen molar-refractivity contribution in [3.63, 3.8) is 0 Å². The summed E-state index contributed by atoms with van der Waals surface area (Å²) in [4.78, 5) is 28.3. The zero-order valence-corrected chi connectivity index (χ0v) is 28.2. The van der Waals surface area contributed by atoms with Gasteiger partial charge in [0.2, 0.25) is 0 Å². The number of unbranched alkanes of at least 4 members (excludes halogenated alkanes) is 18. The first kappa shape index (κ1) is 34.8. The predicted molar refractivity (Wildman–Crippen MR) is 192 cm³/mol. The van der Waals surface area contributed by atoms with E-state index in [1.54, 1.807) is 6.07 Å². The SMILES string of the molecule is CCCCCCCCCCCCN(CCCCCCCCCCCC)c1ccc2c(c1)oc(=O)c1c(=O)oc3ccccc3c12. The van der Waals surface area contributed by atoms with Crippen molar-refractivity contribution in [2.75, 3.05) is 18.0 Å². The van der Waals surface area contributed by atoms with Gasteiger partial charge in [-0.3, -0.25) is 0 Å². The highest BCUT2D eigenvalue weighted by Gasteiger charge is 2.17. The lowest BCUT2D eigenvalue weighted by atomic mass is 10.0. The molecule has 2 aromatic carbocycles. The third-order valence-corrected chi connectivity index (χ3v) is 9.38. The van der Waals surface area contributed by atoms with E-state index in [0.29, 0.717) is 16.6 Å². The maximum atomic E-state index is 13.0. The van der Waals surface area contributed by atoms with Gasteiger partial charge in [0, 0.05) is 41.0 Å². The molecule has 0 fully saturated rings. The molecule has 0 aliphatic heterocycles. The van der Waals surface area contributed by atoms with E-state index in [1.165, 1.54) is 128 Å². The van der Waals surface area contributed by atoms with Gasteiger partial charge in [-0.15, -0.1) is 0 Å². The first-order chi connectivity index (χ1) is 22.1. The van der Waals surface area contributed by atoms with Crippen molar-refractivity contribution in [1.82, 2.24) is 0 Å². The van der Waals surface area contributed by atoms with Crippen LogP contribution in [0.1, 0.15) is 142 Å². The summed E-state index contributed by atoms with van der Waals surface area (Å²) in [7, 11) is 0. The maximum absolute atomic E-state index is 13.0. The summed E-state index contributed by atoms with van der Waals surface area (Å²) in [5.41, 5.74) is 0.813. The van der Waals surface area contributed by atoms with Gasteiger partial charge in [-0.2, -0.15) is 0 Å². The Morgan fingerprint density at radius 3 is 1.47 bits per heavy atom. The summed E-state index contributed by atoms with van der Waals surface area (Å²) >= 11 is 0. The molecule has 0 radical (unpaired) electrons. The van der Waals surface area contributed by atoms with E-state index in [4.69, 9.17) is 8.83 Å². The van der Waals surface area contributed by atoms with E-state index in [2.05, 4.69) is 24.8 Å². The topological polar surface area (TPSA) is 63.7 Å². The third kappa shape index (κ3) is 10.5. The molecule has 0 aliphatic carbocycles. The van der Waals surface area contributed by atoms with Crippen molar-refractivity contribution in [1.29, 1.82) is 0 Å². The molecule has 0 bridgehead atoms. The molecule has 2 aromatic heterocycles. The lowest BCUT2D eigenvalue weighted by Crippen LogP contribution is -2.25. The Morgan fingerprint density at radius 2 is 0.933 bits per heavy atom. The predicted octanol–water partition coefficient (Wildman–Crippen LogP) is 11.7. The van der Waals surface area contributed by atoms with Gasteiger partial charge in [-0.1, -0.05) is 148 Å². The van der Waals surface area contributed by atoms with Crippen LogP contribution in [0.4, 0.5) is 5.69 Å². The van der Waals surface area contributed by atoms with E-state index in [1.807, 2.05) is 30.3 Å². The second-order valence-corrected chi connectivity index (χ2v) is 13.1. The molecule has 0 spiro atoms. The molecule has 246 valence electrons. The van der Waals surface area contributed by atoms with Crippen molar-refractivity contribution in [3.05, 3.63) is 63.3 Å². The molecule has 5 nitrogen and oxygen atoms in total. The van der Waals surface area contributed by atoms with Crippen LogP contribution >= 0.6 is 0 Å². The van der Waals surface area contributed by atoms with Gasteiger partial charge in [0.1, 0.15) is 11.2 Å². The Morgan fingerprint density at radius 1 is 0.489 bits per heavy atom. The summed E-state index contributed by atoms with van der Waals surface area (Å²) in [5.74, 6) is 0. The number of para-hydroxylation sites is 1. The molecule has 0 saturated carbocycles. The quantitative estimate of drug-likeness (QED) is 0.0472. The zero-order chi connectivity index (χ0) is 31.7. The molecule has 4 aromatic rings. The van der Waals surface area contributed by atoms with Gasteiger partial charge in [0.25, 0.3) is 0 Å². The molecule has 4 rings (SSSR count). The first-order valence-corrected chi connectivity index (χ1v) is 18.3. The number of nitrogens with zero attached hydrogens (tertiary/aromatic N) is 1. The average Bonchev–Trinajstić information content (AvgIpc) is 3.05. The van der Waals surface area contributed by atoms with Crippen LogP contribution in [0, 0.1) is 0 Å². The fourth-order valence-corrected chi connectivity index (χ4v) is 6.71. The summed E-state index contributed by atoms with van der Waals surface area (Å²) in [6, 6.07) is 13.6. The molecular weight excluding hydrogens is 558 g/mol. The Labute approximate surface area is 270 Å². The van der Waals surface area contributed by atoms with Gasteiger partial charge in [0.15, 0.2) is 5.39 Å². The van der Waals surface area contributed by atoms with E-state index in [0.717, 1.165) is 29.5 Å². The number of hydrogen-bond donors (Lipinski definition) is 0. The monoisotopic (exact) mass is 615 g/mol. The average molecular weight is 616 g/mol. The van der Waals surface area contributed by atoms with Gasteiger partial charge in [-0.05, 0) is 31.0 Å². The van der Waals surface area contributed by atoms with Crippen LogP contribution in [-0.2, 0) is 0 Å². The Bertz CT molecular complexity index is 1530. The molecular formula is C40H57NO4. The molecule has 0 N–H and O–H groups in total. The van der Waals surface area contributed by atoms with Gasteiger partial charge in [-0.25, -0.2) is 9.59 Å². The third-order valence-electron chi connectivity index (χ3n) is 9.38. The lowest BCUT2D eigenvalue weighted by Gasteiger charge is -2.25. The molecule has 2 heterocycles. The van der Waals surface area contributed by atoms with Crippen LogP contribution in [0.5, 0.6) is 0 Å². The van der Waals surface area contributed by atoms with Crippen LogP contribution in [0.2, 0.25) is 0 Å². The maximum Gasteiger partial charge on any atom is 0.351 e. The Kier molecular flexibility index (Phi) is 15.0. The Hall–Kier alpha value is -3.08. The van der Waals surface area contributed by atoms with Crippen molar-refractivity contribution >= 4 is 38.4 Å². The van der Waals surface area contributed by atoms with Crippen molar-refractivity contribution in [2.24, 2.45) is 0 Å². The second-order valence-electron chi connectivity index (χ2n) is 13.1. The minimum absolute atomic E-state index is 0.0125. The van der Waals surface area contributed by atoms with Gasteiger partial charge < -0.3 is 13.7 Å². The number of hydrogen-bond acceptors (Lipinski definition) is 5. The normalized spacial score (nSPS) is 11.7. The molecule has 0 saturated heterocycles. The van der Waals surface area contributed by atoms with Crippen molar-refractivity contribution in [2.45, 2.75) is 142 Å². The highest BCUT2D eigenvalue weighted by molar-refractivity contribution is 6.17. The molecule has 5 heteroatoms. The number of benzene rings is 2. The first-order valence-electron chi connectivity index (χ1n) is 18.3. The van der Waals surface area contributed by atoms with E-state index in [-0.39, 0.29) is 5.39 Å². The van der Waals surface area contributed by atoms with Crippen LogP contribution in [-0.4, -0.2) is 13.1 Å². The summed E-state index contributed by atoms with van der Waals surface area (Å²) in [5, 5.41) is 2.14. The largest absolute Gasteiger partial charge is 0.422 e. The highest BCUT2D eigenvalue weighted by atomic mass is 16.4. The minimum Gasteiger partial charge on any atom is -0.422 e. The fourth-order valence-electron chi connectivity index (χ4n) is 6.71. The van der Waals surface area contributed by atoms with Crippen LogP contribution < -0.4 is 16.2 Å². The van der Waals surface area contributed by atoms with Gasteiger partial charge >= 0.3 is 11.3 Å². The minimum atomic E-state index is -0.646. The number of fused-ring (bicyclic) bond motifs is 5. The van der Waals surface area contributed by atoms with Crippen molar-refractivity contribution < 1.29 is 8.83 Å². The highest BCUT2D eigenvalue weighted by Crippen LogP contribution is 2.31. The van der Waals surface area contributed by atoms with Gasteiger partial charge in [0.05, 0.1) is 0 Å². The number of rotatable bonds is 23. The fraction of sp³-hybridized carbons (Fsp3) is 0.600.